The quantitative estimate of drug-likeness (QED) is 0.944. The summed E-state index contributed by atoms with van der Waals surface area (Å²) in [5.74, 6) is 0.241. The third-order valence-electron chi connectivity index (χ3n) is 4.35. The molecule has 1 fully saturated rings. The minimum atomic E-state index is -0.380. The predicted octanol–water partition coefficient (Wildman–Crippen LogP) is 3.12. The van der Waals surface area contributed by atoms with E-state index >= 15 is 0 Å². The van der Waals surface area contributed by atoms with Gasteiger partial charge in [0.2, 0.25) is 0 Å². The molecule has 0 aliphatic carbocycles. The Hall–Kier alpha value is -1.46. The van der Waals surface area contributed by atoms with Crippen LogP contribution in [0.5, 0.6) is 0 Å². The summed E-state index contributed by atoms with van der Waals surface area (Å²) in [4.78, 5) is 2.11. The molecule has 4 nitrogen and oxygen atoms in total. The Morgan fingerprint density at radius 3 is 2.71 bits per heavy atom. The molecule has 3 rings (SSSR count). The van der Waals surface area contributed by atoms with Crippen molar-refractivity contribution in [2.45, 2.75) is 38.8 Å². The minimum absolute atomic E-state index is 0.234. The van der Waals surface area contributed by atoms with E-state index in [1.165, 1.54) is 12.1 Å². The van der Waals surface area contributed by atoms with Crippen molar-refractivity contribution in [1.82, 2.24) is 10.1 Å². The smallest absolute Gasteiger partial charge is 0.170 e. The Bertz CT molecular complexity index is 618. The second kappa shape index (κ2) is 5.73. The Morgan fingerprint density at radius 2 is 2.05 bits per heavy atom. The number of aromatic nitrogens is 1. The van der Waals surface area contributed by atoms with E-state index < -0.39 is 0 Å². The van der Waals surface area contributed by atoms with Crippen molar-refractivity contribution >= 4 is 11.0 Å². The number of rotatable bonds is 3. The van der Waals surface area contributed by atoms with Gasteiger partial charge in [-0.1, -0.05) is 19.0 Å². The maximum absolute atomic E-state index is 13.2. The molecular formula is C16H21FN2O2. The first-order chi connectivity index (χ1) is 10.1. The molecule has 1 aliphatic rings. The summed E-state index contributed by atoms with van der Waals surface area (Å²) >= 11 is 0. The van der Waals surface area contributed by atoms with Gasteiger partial charge in [0, 0.05) is 30.5 Å². The molecule has 1 atom stereocenters. The van der Waals surface area contributed by atoms with Crippen LogP contribution < -0.4 is 0 Å². The molecule has 2 aromatic rings. The highest BCUT2D eigenvalue weighted by Crippen LogP contribution is 2.33. The fourth-order valence-electron chi connectivity index (χ4n) is 3.08. The van der Waals surface area contributed by atoms with Crippen LogP contribution in [0.3, 0.4) is 0 Å². The van der Waals surface area contributed by atoms with E-state index in [2.05, 4.69) is 10.1 Å². The van der Waals surface area contributed by atoms with Gasteiger partial charge >= 0.3 is 0 Å². The number of halogens is 1. The molecule has 1 aromatic carbocycles. The van der Waals surface area contributed by atoms with Crippen molar-refractivity contribution in [3.63, 3.8) is 0 Å². The van der Waals surface area contributed by atoms with E-state index in [1.807, 2.05) is 13.8 Å². The molecular weight excluding hydrogens is 271 g/mol. The van der Waals surface area contributed by atoms with Crippen LogP contribution in [-0.4, -0.2) is 34.5 Å². The topological polar surface area (TPSA) is 49.5 Å². The third-order valence-corrected chi connectivity index (χ3v) is 4.35. The normalized spacial score (nSPS) is 19.5. The molecule has 0 spiro atoms. The Kier molecular flexibility index (Phi) is 3.95. The number of hydrogen-bond donors (Lipinski definition) is 1. The maximum atomic E-state index is 13.2. The molecule has 0 amide bonds. The van der Waals surface area contributed by atoms with Gasteiger partial charge in [-0.15, -0.1) is 0 Å². The van der Waals surface area contributed by atoms with Crippen LogP contribution in [0.2, 0.25) is 0 Å². The van der Waals surface area contributed by atoms with Gasteiger partial charge in [0.1, 0.15) is 12.0 Å². The van der Waals surface area contributed by atoms with E-state index in [1.54, 1.807) is 6.07 Å². The zero-order valence-electron chi connectivity index (χ0n) is 12.4. The lowest BCUT2D eigenvalue weighted by molar-refractivity contribution is -0.0419. The van der Waals surface area contributed by atoms with E-state index in [-0.39, 0.29) is 18.0 Å². The van der Waals surface area contributed by atoms with E-state index in [4.69, 9.17) is 4.52 Å². The van der Waals surface area contributed by atoms with Gasteiger partial charge in [-0.2, -0.15) is 0 Å². The number of fused-ring (bicyclic) bond motifs is 1. The van der Waals surface area contributed by atoms with Crippen LogP contribution in [-0.2, 0) is 0 Å². The number of benzene rings is 1. The highest BCUT2D eigenvalue weighted by atomic mass is 19.1. The van der Waals surface area contributed by atoms with Crippen molar-refractivity contribution in [1.29, 1.82) is 0 Å². The van der Waals surface area contributed by atoms with E-state index in [0.29, 0.717) is 11.5 Å². The minimum Gasteiger partial charge on any atom is -0.378 e. The standard InChI is InChI=1S/C16H21FN2O2/c1-10(2)16(20)19-7-5-11(6-8-19)15-13-4-3-12(17)9-14(13)21-18-15/h3-4,9-11,16,20H,5-8H2,1-2H3/t16-/m0/s1. The van der Waals surface area contributed by atoms with Crippen LogP contribution in [0.15, 0.2) is 22.7 Å². The summed E-state index contributed by atoms with van der Waals surface area (Å²) in [5.41, 5.74) is 1.43. The molecule has 0 radical (unpaired) electrons. The fourth-order valence-corrected chi connectivity index (χ4v) is 3.08. The number of aliphatic hydroxyl groups excluding tert-OH is 1. The number of likely N-dealkylation sites (tertiary alicyclic amines) is 1. The Morgan fingerprint density at radius 1 is 1.33 bits per heavy atom. The summed E-state index contributed by atoms with van der Waals surface area (Å²) in [6, 6.07) is 4.57. The molecule has 5 heteroatoms. The molecule has 114 valence electrons. The zero-order valence-corrected chi connectivity index (χ0v) is 12.4. The summed E-state index contributed by atoms with van der Waals surface area (Å²) in [5, 5.41) is 15.2. The Balaban J connectivity index is 1.74. The number of piperidine rings is 1. The highest BCUT2D eigenvalue weighted by molar-refractivity contribution is 5.79. The molecule has 0 unspecified atom stereocenters. The first-order valence-electron chi connectivity index (χ1n) is 7.53. The van der Waals surface area contributed by atoms with Crippen molar-refractivity contribution in [2.24, 2.45) is 5.92 Å². The lowest BCUT2D eigenvalue weighted by atomic mass is 9.91. The zero-order chi connectivity index (χ0) is 15.0. The van der Waals surface area contributed by atoms with Crippen molar-refractivity contribution in [3.05, 3.63) is 29.7 Å². The van der Waals surface area contributed by atoms with E-state index in [0.717, 1.165) is 37.0 Å². The Labute approximate surface area is 123 Å². The van der Waals surface area contributed by atoms with Gasteiger partial charge in [0.15, 0.2) is 5.58 Å². The van der Waals surface area contributed by atoms with Crippen LogP contribution in [0.25, 0.3) is 11.0 Å². The van der Waals surface area contributed by atoms with Gasteiger partial charge in [-0.05, 0) is 30.9 Å². The number of hydrogen-bond acceptors (Lipinski definition) is 4. The molecule has 1 aromatic heterocycles. The lowest BCUT2D eigenvalue weighted by Gasteiger charge is -2.36. The largest absolute Gasteiger partial charge is 0.378 e. The molecule has 21 heavy (non-hydrogen) atoms. The second-order valence-electron chi connectivity index (χ2n) is 6.18. The van der Waals surface area contributed by atoms with Gasteiger partial charge < -0.3 is 9.63 Å². The summed E-state index contributed by atoms with van der Waals surface area (Å²) in [6.07, 6.45) is 1.49. The van der Waals surface area contributed by atoms with Crippen LogP contribution in [0.1, 0.15) is 38.3 Å². The number of nitrogens with zero attached hydrogens (tertiary/aromatic N) is 2. The first kappa shape index (κ1) is 14.5. The molecule has 0 bridgehead atoms. The van der Waals surface area contributed by atoms with Gasteiger partial charge in [-0.25, -0.2) is 4.39 Å². The predicted molar refractivity (Wildman–Crippen MR) is 78.4 cm³/mol. The van der Waals surface area contributed by atoms with Gasteiger partial charge in [-0.3, -0.25) is 4.90 Å². The lowest BCUT2D eigenvalue weighted by Crippen LogP contribution is -2.43. The summed E-state index contributed by atoms with van der Waals surface area (Å²) in [6.45, 7) is 5.74. The highest BCUT2D eigenvalue weighted by Gasteiger charge is 2.28. The number of aliphatic hydroxyl groups is 1. The van der Waals surface area contributed by atoms with E-state index in [9.17, 15) is 9.50 Å². The SMILES string of the molecule is CC(C)[C@H](O)N1CCC(c2noc3cc(F)ccc23)CC1. The summed E-state index contributed by atoms with van der Waals surface area (Å²) in [7, 11) is 0. The van der Waals surface area contributed by atoms with Crippen molar-refractivity contribution < 1.29 is 14.0 Å². The molecule has 1 saturated heterocycles. The van der Waals surface area contributed by atoms with Gasteiger partial charge in [0.05, 0.1) is 5.69 Å². The molecule has 1 aliphatic heterocycles. The summed E-state index contributed by atoms with van der Waals surface area (Å²) < 4.78 is 18.4. The molecule has 2 heterocycles. The van der Waals surface area contributed by atoms with Crippen molar-refractivity contribution in [3.8, 4) is 0 Å². The maximum Gasteiger partial charge on any atom is 0.170 e. The third kappa shape index (κ3) is 2.80. The van der Waals surface area contributed by atoms with Crippen LogP contribution >= 0.6 is 0 Å². The van der Waals surface area contributed by atoms with Crippen LogP contribution in [0, 0.1) is 11.7 Å². The first-order valence-corrected chi connectivity index (χ1v) is 7.53. The fraction of sp³-hybridized carbons (Fsp3) is 0.562. The average Bonchev–Trinajstić information content (AvgIpc) is 2.89. The van der Waals surface area contributed by atoms with Crippen molar-refractivity contribution in [2.75, 3.05) is 13.1 Å². The van der Waals surface area contributed by atoms with Crippen LogP contribution in [0.4, 0.5) is 4.39 Å². The monoisotopic (exact) mass is 292 g/mol. The average molecular weight is 292 g/mol. The molecule has 0 saturated carbocycles. The molecule has 1 N–H and O–H groups in total. The van der Waals surface area contributed by atoms with Gasteiger partial charge in [0.25, 0.3) is 0 Å². The second-order valence-corrected chi connectivity index (χ2v) is 6.18.